The van der Waals surface area contributed by atoms with Crippen molar-refractivity contribution in [1.29, 1.82) is 0 Å². The number of benzene rings is 2. The molecule has 2 aromatic heterocycles. The molecule has 0 spiro atoms. The molecular formula is C24H21ClN6O3. The highest BCUT2D eigenvalue weighted by Crippen LogP contribution is 2.21. The highest BCUT2D eigenvalue weighted by atomic mass is 35.5. The number of nitrogens with one attached hydrogen (secondary N) is 1. The van der Waals surface area contributed by atoms with Gasteiger partial charge in [0.25, 0.3) is 11.5 Å². The predicted molar refractivity (Wildman–Crippen MR) is 130 cm³/mol. The molecule has 34 heavy (non-hydrogen) atoms. The van der Waals surface area contributed by atoms with Gasteiger partial charge < -0.3 is 9.80 Å². The number of aromatic nitrogens is 4. The number of carbonyl (C=O) groups excluding carboxylic acids is 1. The highest BCUT2D eigenvalue weighted by molar-refractivity contribution is 6.31. The van der Waals surface area contributed by atoms with Crippen molar-refractivity contribution in [2.75, 3.05) is 31.1 Å². The minimum Gasteiger partial charge on any atom is -0.337 e. The van der Waals surface area contributed by atoms with Gasteiger partial charge in [-0.15, -0.1) is 0 Å². The van der Waals surface area contributed by atoms with E-state index in [2.05, 4.69) is 15.0 Å². The van der Waals surface area contributed by atoms with Gasteiger partial charge in [0.05, 0.1) is 17.4 Å². The number of carbonyl (C=O) groups is 1. The largest absolute Gasteiger partial charge is 0.337 e. The number of rotatable bonds is 4. The van der Waals surface area contributed by atoms with Gasteiger partial charge in [-0.25, -0.2) is 14.8 Å². The lowest BCUT2D eigenvalue weighted by atomic mass is 10.1. The van der Waals surface area contributed by atoms with Gasteiger partial charge in [0.2, 0.25) is 5.95 Å². The van der Waals surface area contributed by atoms with Gasteiger partial charge in [0.15, 0.2) is 0 Å². The number of amides is 1. The molecule has 1 aliphatic heterocycles. The molecule has 10 heteroatoms. The molecular weight excluding hydrogens is 456 g/mol. The second-order valence-corrected chi connectivity index (χ2v) is 8.40. The Hall–Kier alpha value is -3.98. The lowest BCUT2D eigenvalue weighted by Crippen LogP contribution is -2.49. The number of H-pyrrole nitrogens is 1. The number of hydrogen-bond acceptors (Lipinski definition) is 6. The molecule has 1 N–H and O–H groups in total. The number of para-hydroxylation sites is 1. The van der Waals surface area contributed by atoms with Crippen molar-refractivity contribution in [2.24, 2.45) is 0 Å². The Balaban J connectivity index is 1.38. The van der Waals surface area contributed by atoms with E-state index in [1.54, 1.807) is 65.8 Å². The molecule has 2 aromatic carbocycles. The summed E-state index contributed by atoms with van der Waals surface area (Å²) in [7, 11) is 0. The first-order chi connectivity index (χ1) is 16.5. The summed E-state index contributed by atoms with van der Waals surface area (Å²) in [6, 6.07) is 13.7. The van der Waals surface area contributed by atoms with E-state index in [0.717, 1.165) is 0 Å². The highest BCUT2D eigenvalue weighted by Gasteiger charge is 2.24. The minimum absolute atomic E-state index is 0.106. The van der Waals surface area contributed by atoms with Crippen LogP contribution in [-0.2, 0) is 6.54 Å². The number of anilines is 1. The second kappa shape index (κ2) is 9.11. The molecule has 9 nitrogen and oxygen atoms in total. The number of hydrogen-bond donors (Lipinski definition) is 1. The normalized spacial score (nSPS) is 13.9. The molecule has 4 aromatic rings. The summed E-state index contributed by atoms with van der Waals surface area (Å²) in [6.07, 6.45) is 3.40. The van der Waals surface area contributed by atoms with Crippen molar-refractivity contribution in [1.82, 2.24) is 24.4 Å². The van der Waals surface area contributed by atoms with Gasteiger partial charge in [-0.3, -0.25) is 19.1 Å². The maximum atomic E-state index is 13.2. The lowest BCUT2D eigenvalue weighted by Gasteiger charge is -2.34. The molecule has 1 saturated heterocycles. The van der Waals surface area contributed by atoms with Crippen molar-refractivity contribution in [3.8, 4) is 0 Å². The molecule has 0 unspecified atom stereocenters. The van der Waals surface area contributed by atoms with Gasteiger partial charge in [0.1, 0.15) is 0 Å². The van der Waals surface area contributed by atoms with Crippen LogP contribution < -0.4 is 16.1 Å². The van der Waals surface area contributed by atoms with Crippen LogP contribution in [0.4, 0.5) is 5.95 Å². The second-order valence-electron chi connectivity index (χ2n) is 8.00. The Labute approximate surface area is 199 Å². The van der Waals surface area contributed by atoms with Gasteiger partial charge >= 0.3 is 5.69 Å². The van der Waals surface area contributed by atoms with Crippen LogP contribution in [0, 0.1) is 0 Å². The van der Waals surface area contributed by atoms with Gasteiger partial charge in [-0.1, -0.05) is 23.7 Å². The van der Waals surface area contributed by atoms with Gasteiger partial charge in [0, 0.05) is 49.2 Å². The fourth-order valence-corrected chi connectivity index (χ4v) is 4.32. The summed E-state index contributed by atoms with van der Waals surface area (Å²) < 4.78 is 1.45. The SMILES string of the molecule is O=C(c1ccc(Cl)c(Cn2c(=O)[nH]c(=O)c3ccccc32)c1)N1CCN(c2ncccn2)CC1. The molecule has 1 fully saturated rings. The standard InChI is InChI=1S/C24H21ClN6O3/c25-19-7-6-16(22(33)29-10-12-30(13-11-29)23-26-8-3-9-27-23)14-17(19)15-31-20-5-2-1-4-18(20)21(32)28-24(31)34/h1-9,14H,10-13,15H2,(H,28,32,34). The lowest BCUT2D eigenvalue weighted by molar-refractivity contribution is 0.0746. The van der Waals surface area contributed by atoms with Crippen LogP contribution >= 0.6 is 11.6 Å². The minimum atomic E-state index is -0.532. The Morgan fingerprint density at radius 2 is 1.71 bits per heavy atom. The van der Waals surface area contributed by atoms with E-state index in [1.807, 2.05) is 4.90 Å². The molecule has 172 valence electrons. The Morgan fingerprint density at radius 3 is 2.47 bits per heavy atom. The van der Waals surface area contributed by atoms with Crippen LogP contribution in [0.1, 0.15) is 15.9 Å². The number of piperazine rings is 1. The fraction of sp³-hybridized carbons (Fsp3) is 0.208. The van der Waals surface area contributed by atoms with Gasteiger partial charge in [-0.2, -0.15) is 0 Å². The van der Waals surface area contributed by atoms with Crippen LogP contribution in [0.5, 0.6) is 0 Å². The predicted octanol–water partition coefficient (Wildman–Crippen LogP) is 2.14. The quantitative estimate of drug-likeness (QED) is 0.484. The van der Waals surface area contributed by atoms with E-state index < -0.39 is 11.2 Å². The maximum Gasteiger partial charge on any atom is 0.329 e. The zero-order valence-electron chi connectivity index (χ0n) is 18.1. The third kappa shape index (κ3) is 4.17. The molecule has 0 aliphatic carbocycles. The summed E-state index contributed by atoms with van der Waals surface area (Å²) in [5.74, 6) is 0.548. The maximum absolute atomic E-state index is 13.2. The van der Waals surface area contributed by atoms with Crippen molar-refractivity contribution in [2.45, 2.75) is 6.54 Å². The Kier molecular flexibility index (Phi) is 5.85. The van der Waals surface area contributed by atoms with Crippen LogP contribution in [0.15, 0.2) is 70.5 Å². The summed E-state index contributed by atoms with van der Waals surface area (Å²) >= 11 is 6.43. The Bertz CT molecular complexity index is 1480. The summed E-state index contributed by atoms with van der Waals surface area (Å²) in [6.45, 7) is 2.47. The molecule has 3 heterocycles. The third-order valence-electron chi connectivity index (χ3n) is 5.93. The topological polar surface area (TPSA) is 104 Å². The molecule has 0 bridgehead atoms. The van der Waals surface area contributed by atoms with Gasteiger partial charge in [-0.05, 0) is 42.0 Å². The van der Waals surface area contributed by atoms with E-state index in [9.17, 15) is 14.4 Å². The third-order valence-corrected chi connectivity index (χ3v) is 6.30. The van der Waals surface area contributed by atoms with Crippen molar-refractivity contribution >= 4 is 34.4 Å². The first-order valence-electron chi connectivity index (χ1n) is 10.8. The number of fused-ring (bicyclic) bond motifs is 1. The van der Waals surface area contributed by atoms with Crippen molar-refractivity contribution in [3.63, 3.8) is 0 Å². The van der Waals surface area contributed by atoms with E-state index in [0.29, 0.717) is 59.2 Å². The first kappa shape index (κ1) is 21.8. The first-order valence-corrected chi connectivity index (χ1v) is 11.2. The average Bonchev–Trinajstić information content (AvgIpc) is 2.88. The van der Waals surface area contributed by atoms with Crippen LogP contribution in [0.25, 0.3) is 10.9 Å². The van der Waals surface area contributed by atoms with Crippen molar-refractivity contribution in [3.05, 3.63) is 97.9 Å². The van der Waals surface area contributed by atoms with Crippen molar-refractivity contribution < 1.29 is 4.79 Å². The smallest absolute Gasteiger partial charge is 0.329 e. The molecule has 1 amide bonds. The summed E-state index contributed by atoms with van der Waals surface area (Å²) in [5.41, 5.74) is 0.639. The van der Waals surface area contributed by atoms with E-state index in [1.165, 1.54) is 4.57 Å². The van der Waals surface area contributed by atoms with Crippen LogP contribution in [-0.4, -0.2) is 56.5 Å². The number of halogens is 1. The van der Waals surface area contributed by atoms with E-state index in [4.69, 9.17) is 11.6 Å². The monoisotopic (exact) mass is 476 g/mol. The molecule has 0 atom stereocenters. The summed E-state index contributed by atoms with van der Waals surface area (Å²) in [4.78, 5) is 52.6. The zero-order valence-corrected chi connectivity index (χ0v) is 18.9. The molecule has 1 aliphatic rings. The van der Waals surface area contributed by atoms with Crippen LogP contribution in [0.2, 0.25) is 5.02 Å². The average molecular weight is 477 g/mol. The Morgan fingerprint density at radius 1 is 0.971 bits per heavy atom. The zero-order chi connectivity index (χ0) is 23.7. The fourth-order valence-electron chi connectivity index (χ4n) is 4.15. The summed E-state index contributed by atoms with van der Waals surface area (Å²) in [5, 5.41) is 0.843. The van der Waals surface area contributed by atoms with E-state index >= 15 is 0 Å². The number of nitrogens with zero attached hydrogens (tertiary/aromatic N) is 5. The van der Waals surface area contributed by atoms with E-state index in [-0.39, 0.29) is 12.5 Å². The molecule has 0 radical (unpaired) electrons. The van der Waals surface area contributed by atoms with Crippen LogP contribution in [0.3, 0.4) is 0 Å². The molecule has 0 saturated carbocycles. The number of aromatic amines is 1. The molecule has 5 rings (SSSR count).